The molecule has 2 aromatic carbocycles. The summed E-state index contributed by atoms with van der Waals surface area (Å²) in [5.74, 6) is -1.84. The van der Waals surface area contributed by atoms with E-state index in [-0.39, 0.29) is 5.92 Å². The number of carbonyl (C=O) groups is 2. The molecule has 5 rings (SSSR count). The maximum Gasteiger partial charge on any atom is 0.471 e. The van der Waals surface area contributed by atoms with Gasteiger partial charge in [0.2, 0.25) is 5.91 Å². The minimum atomic E-state index is -5.01. The van der Waals surface area contributed by atoms with Crippen molar-refractivity contribution < 1.29 is 27.5 Å². The third kappa shape index (κ3) is 5.09. The number of nitrogens with zero attached hydrogens (tertiary/aromatic N) is 3. The van der Waals surface area contributed by atoms with Crippen molar-refractivity contribution in [3.63, 3.8) is 0 Å². The normalized spacial score (nSPS) is 17.5. The minimum absolute atomic E-state index is 0.138. The number of carbonyl (C=O) groups excluding carboxylic acids is 2. The van der Waals surface area contributed by atoms with E-state index in [2.05, 4.69) is 9.88 Å². The Bertz CT molecular complexity index is 1260. The van der Waals surface area contributed by atoms with Gasteiger partial charge >= 0.3 is 12.1 Å². The van der Waals surface area contributed by atoms with Crippen molar-refractivity contribution in [1.82, 2.24) is 20.1 Å². The Kier molecular flexibility index (Phi) is 6.10. The number of rotatable bonds is 6. The average molecular weight is 503 g/mol. The molecule has 2 aliphatic rings. The van der Waals surface area contributed by atoms with Crippen LogP contribution >= 0.6 is 11.3 Å². The topological polar surface area (TPSA) is 74.8 Å². The van der Waals surface area contributed by atoms with Crippen molar-refractivity contribution in [3.05, 3.63) is 66.0 Å². The second-order valence-corrected chi connectivity index (χ2v) is 9.38. The fraction of sp³-hybridized carbons (Fsp3) is 0.292. The summed E-state index contributed by atoms with van der Waals surface area (Å²) in [4.78, 5) is 31.4. The summed E-state index contributed by atoms with van der Waals surface area (Å²) in [5, 5.41) is 2.22. The van der Waals surface area contributed by atoms with Crippen LogP contribution in [0.3, 0.4) is 0 Å². The van der Waals surface area contributed by atoms with Gasteiger partial charge in [0.1, 0.15) is 5.75 Å². The molecule has 0 radical (unpaired) electrons. The SMILES string of the molecule is O=C(CNC(=O)C(F)(F)F)N1CCC2CN(Cc3ccc(Oc4nc5ccccc5s4)cc3)C=C21. The predicted molar refractivity (Wildman–Crippen MR) is 124 cm³/mol. The third-order valence-electron chi connectivity index (χ3n) is 5.95. The number of thiazole rings is 1. The summed E-state index contributed by atoms with van der Waals surface area (Å²) in [5.41, 5.74) is 2.73. The summed E-state index contributed by atoms with van der Waals surface area (Å²) in [6, 6.07) is 15.5. The lowest BCUT2D eigenvalue weighted by atomic mass is 10.1. The van der Waals surface area contributed by atoms with E-state index < -0.39 is 24.5 Å². The molecule has 1 unspecified atom stereocenters. The van der Waals surface area contributed by atoms with Crippen molar-refractivity contribution in [2.75, 3.05) is 19.6 Å². The molecule has 2 aliphatic heterocycles. The molecule has 0 spiro atoms. The lowest BCUT2D eigenvalue weighted by Crippen LogP contribution is -2.43. The molecule has 0 saturated carbocycles. The Balaban J connectivity index is 1.17. The molecule has 35 heavy (non-hydrogen) atoms. The maximum atomic E-state index is 12.4. The zero-order chi connectivity index (χ0) is 24.6. The first kappa shape index (κ1) is 23.2. The number of fused-ring (bicyclic) bond motifs is 2. The van der Waals surface area contributed by atoms with Gasteiger partial charge in [0.15, 0.2) is 0 Å². The van der Waals surface area contributed by atoms with Crippen LogP contribution in [0.15, 0.2) is 60.4 Å². The number of benzene rings is 2. The maximum absolute atomic E-state index is 12.4. The fourth-order valence-electron chi connectivity index (χ4n) is 4.29. The molecule has 1 N–H and O–H groups in total. The van der Waals surface area contributed by atoms with Crippen molar-refractivity contribution in [2.45, 2.75) is 19.1 Å². The predicted octanol–water partition coefficient (Wildman–Crippen LogP) is 4.27. The van der Waals surface area contributed by atoms with Gasteiger partial charge in [-0.3, -0.25) is 9.59 Å². The highest BCUT2D eigenvalue weighted by Crippen LogP contribution is 2.35. The smallest absolute Gasteiger partial charge is 0.431 e. The summed E-state index contributed by atoms with van der Waals surface area (Å²) >= 11 is 1.48. The average Bonchev–Trinajstić information content (AvgIpc) is 3.51. The minimum Gasteiger partial charge on any atom is -0.431 e. The zero-order valence-electron chi connectivity index (χ0n) is 18.4. The molecule has 3 heterocycles. The number of halogens is 3. The summed E-state index contributed by atoms with van der Waals surface area (Å²) < 4.78 is 44.0. The Morgan fingerprint density at radius 2 is 1.91 bits per heavy atom. The number of amides is 2. The molecule has 2 amide bonds. The van der Waals surface area contributed by atoms with Crippen molar-refractivity contribution >= 4 is 33.4 Å². The van der Waals surface area contributed by atoms with Gasteiger partial charge < -0.3 is 19.9 Å². The summed E-state index contributed by atoms with van der Waals surface area (Å²) in [7, 11) is 0. The van der Waals surface area contributed by atoms with Crippen LogP contribution in [-0.2, 0) is 16.1 Å². The van der Waals surface area contributed by atoms with Crippen LogP contribution in [-0.4, -0.2) is 52.4 Å². The summed E-state index contributed by atoms with van der Waals surface area (Å²) in [6.45, 7) is 1.09. The van der Waals surface area contributed by atoms with E-state index in [9.17, 15) is 22.8 Å². The number of likely N-dealkylation sites (tertiary alicyclic amines) is 1. The number of ether oxygens (including phenoxy) is 1. The number of alkyl halides is 3. The van der Waals surface area contributed by atoms with E-state index in [0.29, 0.717) is 24.0 Å². The van der Waals surface area contributed by atoms with Crippen LogP contribution in [0.5, 0.6) is 10.9 Å². The van der Waals surface area contributed by atoms with Crippen LogP contribution in [0.2, 0.25) is 0 Å². The number of hydrogen-bond donors (Lipinski definition) is 1. The fourth-order valence-corrected chi connectivity index (χ4v) is 5.12. The van der Waals surface area contributed by atoms with Crippen molar-refractivity contribution in [3.8, 4) is 10.9 Å². The molecule has 1 aromatic heterocycles. The van der Waals surface area contributed by atoms with Gasteiger partial charge in [0, 0.05) is 37.4 Å². The Morgan fingerprint density at radius 1 is 1.14 bits per heavy atom. The first-order valence-corrected chi connectivity index (χ1v) is 11.8. The largest absolute Gasteiger partial charge is 0.471 e. The van der Waals surface area contributed by atoms with Crippen LogP contribution in [0, 0.1) is 5.92 Å². The molecule has 0 bridgehead atoms. The number of hydrogen-bond acceptors (Lipinski definition) is 6. The zero-order valence-corrected chi connectivity index (χ0v) is 19.2. The Morgan fingerprint density at radius 3 is 2.66 bits per heavy atom. The Labute approximate surface area is 202 Å². The van der Waals surface area contributed by atoms with E-state index in [1.165, 1.54) is 16.2 Å². The molecule has 1 atom stereocenters. The standard InChI is InChI=1S/C24H21F3N4O3S/c25-24(26,27)22(33)28-11-21(32)31-10-9-16-13-30(14-19(16)31)12-15-5-7-17(8-6-15)34-23-29-18-3-1-2-4-20(18)35-23/h1-8,14,16H,9-13H2,(H,28,33). The van der Waals surface area contributed by atoms with Gasteiger partial charge in [-0.25, -0.2) is 4.98 Å². The first-order valence-electron chi connectivity index (χ1n) is 11.0. The number of para-hydroxylation sites is 1. The molecular formula is C24H21F3N4O3S. The van der Waals surface area contributed by atoms with Gasteiger partial charge in [-0.1, -0.05) is 35.6 Å². The van der Waals surface area contributed by atoms with Crippen LogP contribution < -0.4 is 10.1 Å². The lowest BCUT2D eigenvalue weighted by Gasteiger charge is -2.19. The van der Waals surface area contributed by atoms with E-state index in [0.717, 1.165) is 34.4 Å². The summed E-state index contributed by atoms with van der Waals surface area (Å²) in [6.07, 6.45) is -2.39. The van der Waals surface area contributed by atoms with E-state index in [1.54, 1.807) is 5.32 Å². The number of nitrogens with one attached hydrogen (secondary N) is 1. The highest BCUT2D eigenvalue weighted by atomic mass is 32.1. The third-order valence-corrected chi connectivity index (χ3v) is 6.86. The molecule has 3 aromatic rings. The molecule has 7 nitrogen and oxygen atoms in total. The van der Waals surface area contributed by atoms with E-state index >= 15 is 0 Å². The van der Waals surface area contributed by atoms with E-state index in [4.69, 9.17) is 4.74 Å². The van der Waals surface area contributed by atoms with Gasteiger partial charge in [-0.2, -0.15) is 13.2 Å². The van der Waals surface area contributed by atoms with Gasteiger partial charge in [0.25, 0.3) is 5.19 Å². The van der Waals surface area contributed by atoms with E-state index in [1.807, 2.05) is 54.7 Å². The monoisotopic (exact) mass is 502 g/mol. The van der Waals surface area contributed by atoms with Gasteiger partial charge in [0.05, 0.1) is 16.8 Å². The van der Waals surface area contributed by atoms with Crippen LogP contribution in [0.25, 0.3) is 10.2 Å². The second-order valence-electron chi connectivity index (χ2n) is 8.39. The molecule has 182 valence electrons. The Hall–Kier alpha value is -3.60. The molecule has 1 fully saturated rings. The second kappa shape index (κ2) is 9.21. The molecular weight excluding hydrogens is 481 g/mol. The molecule has 11 heteroatoms. The van der Waals surface area contributed by atoms with Gasteiger partial charge in [-0.15, -0.1) is 0 Å². The lowest BCUT2D eigenvalue weighted by molar-refractivity contribution is -0.173. The quantitative estimate of drug-likeness (QED) is 0.545. The van der Waals surface area contributed by atoms with Gasteiger partial charge in [-0.05, 0) is 36.2 Å². The highest BCUT2D eigenvalue weighted by Gasteiger charge is 2.40. The first-order chi connectivity index (χ1) is 16.8. The van der Waals surface area contributed by atoms with Crippen molar-refractivity contribution in [2.24, 2.45) is 5.92 Å². The van der Waals surface area contributed by atoms with Crippen LogP contribution in [0.1, 0.15) is 12.0 Å². The molecule has 1 saturated heterocycles. The number of aromatic nitrogens is 1. The molecule has 0 aliphatic carbocycles. The van der Waals surface area contributed by atoms with Crippen molar-refractivity contribution in [1.29, 1.82) is 0 Å². The van der Waals surface area contributed by atoms with Crippen LogP contribution in [0.4, 0.5) is 13.2 Å². The highest BCUT2D eigenvalue weighted by molar-refractivity contribution is 7.20.